The van der Waals surface area contributed by atoms with Gasteiger partial charge in [-0.2, -0.15) is 0 Å². The average molecular weight is 1480 g/mol. The zero-order valence-electron chi connectivity index (χ0n) is 66.1. The Morgan fingerprint density at radius 3 is 0.673 bits per heavy atom. The van der Waals surface area contributed by atoms with Gasteiger partial charge in [0.15, 0.2) is 12.2 Å². The van der Waals surface area contributed by atoms with Crippen LogP contribution in [0.5, 0.6) is 0 Å². The molecule has 0 amide bonds. The van der Waals surface area contributed by atoms with Crippen LogP contribution in [-0.4, -0.2) is 96.7 Å². The van der Waals surface area contributed by atoms with Crippen LogP contribution in [0.15, 0.2) is 0 Å². The van der Waals surface area contributed by atoms with Crippen molar-refractivity contribution in [1.29, 1.82) is 0 Å². The van der Waals surface area contributed by atoms with Crippen LogP contribution in [0.1, 0.15) is 439 Å². The first-order valence-electron chi connectivity index (χ1n) is 42.6. The van der Waals surface area contributed by atoms with Crippen LogP contribution in [-0.2, 0) is 65.4 Å². The summed E-state index contributed by atoms with van der Waals surface area (Å²) >= 11 is 0. The third kappa shape index (κ3) is 76.1. The molecule has 2 unspecified atom stereocenters. The van der Waals surface area contributed by atoms with Crippen molar-refractivity contribution in [1.82, 2.24) is 0 Å². The Labute approximate surface area is 619 Å². The molecule has 0 aromatic carbocycles. The third-order valence-electron chi connectivity index (χ3n) is 19.3. The summed E-state index contributed by atoms with van der Waals surface area (Å²) in [7, 11) is -9.92. The van der Waals surface area contributed by atoms with Crippen molar-refractivity contribution >= 4 is 39.5 Å². The lowest BCUT2D eigenvalue weighted by Gasteiger charge is -2.21. The highest BCUT2D eigenvalue weighted by Crippen LogP contribution is 2.45. The number of aliphatic hydroxyl groups is 1. The number of unbranched alkanes of at least 4 members (excludes halogenated alkanes) is 54. The summed E-state index contributed by atoms with van der Waals surface area (Å²) in [5, 5.41) is 10.6. The Hall–Kier alpha value is -1.94. The maximum Gasteiger partial charge on any atom is 0.472 e. The zero-order valence-corrected chi connectivity index (χ0v) is 67.8. The van der Waals surface area contributed by atoms with Crippen LogP contribution in [0.25, 0.3) is 0 Å². The normalized spacial score (nSPS) is 13.8. The molecule has 0 bridgehead atoms. The molecule has 17 nitrogen and oxygen atoms in total. The first-order valence-corrected chi connectivity index (χ1v) is 45.6. The van der Waals surface area contributed by atoms with E-state index in [1.165, 1.54) is 257 Å². The van der Waals surface area contributed by atoms with Crippen LogP contribution in [0.3, 0.4) is 0 Å². The number of hydrogen-bond acceptors (Lipinski definition) is 15. The van der Waals surface area contributed by atoms with E-state index in [1.807, 2.05) is 0 Å². The summed E-state index contributed by atoms with van der Waals surface area (Å²) in [4.78, 5) is 73.0. The van der Waals surface area contributed by atoms with Crippen molar-refractivity contribution in [2.45, 2.75) is 457 Å². The molecule has 19 heteroatoms. The third-order valence-corrected chi connectivity index (χ3v) is 21.2. The maximum absolute atomic E-state index is 13.1. The summed E-state index contributed by atoms with van der Waals surface area (Å²) in [6.45, 7) is 7.25. The Kier molecular flexibility index (Phi) is 73.5. The van der Waals surface area contributed by atoms with Crippen molar-refractivity contribution in [3.8, 4) is 0 Å². The van der Waals surface area contributed by atoms with E-state index in [2.05, 4.69) is 34.6 Å². The van der Waals surface area contributed by atoms with E-state index < -0.39 is 97.5 Å². The van der Waals surface area contributed by atoms with Gasteiger partial charge in [-0.25, -0.2) is 9.13 Å². The van der Waals surface area contributed by atoms with Gasteiger partial charge in [0.05, 0.1) is 26.4 Å². The average Bonchev–Trinajstić information content (AvgIpc) is 0.996. The molecule has 3 N–H and O–H groups in total. The highest BCUT2D eigenvalue weighted by Gasteiger charge is 2.30. The second kappa shape index (κ2) is 74.9. The SMILES string of the molecule is CCCCCCCCCCCCCCCCCCCCCCCCC(=O)O[C@H](COC(=O)CCCCCCCCCCCCCCCCCCC)COP(=O)(O)OC[C@@H](O)COP(=O)(O)OC[C@@H](COC(=O)CCCCCCCCC(C)C)OC(=O)CCCCCCCCCCCCCCC. The molecule has 0 heterocycles. The van der Waals surface area contributed by atoms with E-state index in [0.29, 0.717) is 31.6 Å². The summed E-state index contributed by atoms with van der Waals surface area (Å²) < 4.78 is 68.7. The fraction of sp³-hybridized carbons (Fsp3) is 0.951. The Bertz CT molecular complexity index is 1930. The molecule has 0 spiro atoms. The molecule has 0 aliphatic rings. The fourth-order valence-corrected chi connectivity index (χ4v) is 14.3. The van der Waals surface area contributed by atoms with Crippen molar-refractivity contribution < 1.29 is 80.2 Å². The van der Waals surface area contributed by atoms with Crippen LogP contribution < -0.4 is 0 Å². The topological polar surface area (TPSA) is 237 Å². The van der Waals surface area contributed by atoms with Gasteiger partial charge in [0.2, 0.25) is 0 Å². The first-order chi connectivity index (χ1) is 49.0. The number of carbonyl (C=O) groups excluding carboxylic acids is 4. The maximum atomic E-state index is 13.1. The monoisotopic (exact) mass is 1480 g/mol. The zero-order chi connectivity index (χ0) is 74.1. The number of hydrogen-bond donors (Lipinski definition) is 3. The summed E-state index contributed by atoms with van der Waals surface area (Å²) in [5.74, 6) is -1.43. The second-order valence-electron chi connectivity index (χ2n) is 30.0. The number of phosphoric ester groups is 2. The fourth-order valence-electron chi connectivity index (χ4n) is 12.8. The van der Waals surface area contributed by atoms with Crippen molar-refractivity contribution in [3.63, 3.8) is 0 Å². The number of carbonyl (C=O) groups is 4. The van der Waals surface area contributed by atoms with E-state index in [0.717, 1.165) is 96.3 Å². The molecular weight excluding hydrogens is 1320 g/mol. The molecule has 101 heavy (non-hydrogen) atoms. The molecule has 0 aliphatic carbocycles. The van der Waals surface area contributed by atoms with Gasteiger partial charge in [0, 0.05) is 25.7 Å². The summed E-state index contributed by atoms with van der Waals surface area (Å²) in [6.07, 6.45) is 66.9. The lowest BCUT2D eigenvalue weighted by atomic mass is 10.0. The number of rotatable bonds is 82. The number of ether oxygens (including phenoxy) is 4. The molecule has 0 fully saturated rings. The quantitative estimate of drug-likeness (QED) is 0.0222. The smallest absolute Gasteiger partial charge is 0.462 e. The molecular formula is C82H160O17P2. The Balaban J connectivity index is 5.19. The van der Waals surface area contributed by atoms with E-state index >= 15 is 0 Å². The molecule has 5 atom stereocenters. The van der Waals surface area contributed by atoms with Crippen molar-refractivity contribution in [2.75, 3.05) is 39.6 Å². The molecule has 0 saturated carbocycles. The molecule has 0 rings (SSSR count). The van der Waals surface area contributed by atoms with Gasteiger partial charge in [0.1, 0.15) is 19.3 Å². The molecule has 0 radical (unpaired) electrons. The van der Waals surface area contributed by atoms with E-state index in [1.54, 1.807) is 0 Å². The lowest BCUT2D eigenvalue weighted by Crippen LogP contribution is -2.30. The molecule has 0 aromatic heterocycles. The van der Waals surface area contributed by atoms with Crippen molar-refractivity contribution in [3.05, 3.63) is 0 Å². The predicted octanol–water partition coefficient (Wildman–Crippen LogP) is 24.8. The summed E-state index contributed by atoms with van der Waals surface area (Å²) in [6, 6.07) is 0. The largest absolute Gasteiger partial charge is 0.472 e. The molecule has 0 aliphatic heterocycles. The van der Waals surface area contributed by atoms with Gasteiger partial charge in [-0.15, -0.1) is 0 Å². The van der Waals surface area contributed by atoms with Crippen LogP contribution >= 0.6 is 15.6 Å². The summed E-state index contributed by atoms with van der Waals surface area (Å²) in [5.41, 5.74) is 0. The van der Waals surface area contributed by atoms with E-state index in [4.69, 9.17) is 37.0 Å². The minimum absolute atomic E-state index is 0.107. The van der Waals surface area contributed by atoms with Gasteiger partial charge < -0.3 is 33.8 Å². The highest BCUT2D eigenvalue weighted by atomic mass is 31.2. The second-order valence-corrected chi connectivity index (χ2v) is 32.9. The van der Waals surface area contributed by atoms with E-state index in [9.17, 15) is 43.2 Å². The molecule has 600 valence electrons. The van der Waals surface area contributed by atoms with Gasteiger partial charge in [0.25, 0.3) is 0 Å². The Morgan fingerprint density at radius 1 is 0.267 bits per heavy atom. The predicted molar refractivity (Wildman–Crippen MR) is 414 cm³/mol. The Morgan fingerprint density at radius 2 is 0.455 bits per heavy atom. The first kappa shape index (κ1) is 99.1. The molecule has 0 saturated heterocycles. The lowest BCUT2D eigenvalue weighted by molar-refractivity contribution is -0.161. The van der Waals surface area contributed by atoms with Gasteiger partial charge in [-0.1, -0.05) is 388 Å². The van der Waals surface area contributed by atoms with Crippen LogP contribution in [0.2, 0.25) is 0 Å². The number of esters is 4. The van der Waals surface area contributed by atoms with Gasteiger partial charge in [-0.3, -0.25) is 37.3 Å². The van der Waals surface area contributed by atoms with Crippen LogP contribution in [0, 0.1) is 5.92 Å². The van der Waals surface area contributed by atoms with Gasteiger partial charge >= 0.3 is 39.5 Å². The highest BCUT2D eigenvalue weighted by molar-refractivity contribution is 7.47. The minimum atomic E-state index is -4.96. The number of aliphatic hydroxyl groups excluding tert-OH is 1. The molecule has 0 aromatic rings. The standard InChI is InChI=1S/C82H160O17P2/c1-6-9-12-15-18-21-24-27-29-31-32-33-34-35-37-39-42-45-48-51-58-63-68-81(86)98-77(71-92-79(84)65-60-55-49-46-43-41-38-36-30-28-25-22-19-16-13-10-7-2)73-96-100(88,89)94-69-76(83)70-95-101(90,91)97-74-78(72-93-80(85)66-61-56-53-52-54-59-64-75(4)5)99-82(87)67-62-57-50-47-44-40-26-23-20-17-14-11-8-3/h75-78,83H,6-74H2,1-5H3,(H,88,89)(H,90,91)/t76-,77-,78-/m1/s1. The van der Waals surface area contributed by atoms with Crippen LogP contribution in [0.4, 0.5) is 0 Å². The van der Waals surface area contributed by atoms with Gasteiger partial charge in [-0.05, 0) is 31.6 Å². The minimum Gasteiger partial charge on any atom is -0.462 e. The number of phosphoric acid groups is 2. The van der Waals surface area contributed by atoms with E-state index in [-0.39, 0.29) is 25.7 Å². The van der Waals surface area contributed by atoms with Crippen molar-refractivity contribution in [2.24, 2.45) is 5.92 Å².